The van der Waals surface area contributed by atoms with Gasteiger partial charge in [0, 0.05) is 6.54 Å². The third-order valence-electron chi connectivity index (χ3n) is 4.56. The second-order valence-electron chi connectivity index (χ2n) is 5.92. The third kappa shape index (κ3) is 4.76. The van der Waals surface area contributed by atoms with Gasteiger partial charge >= 0.3 is 0 Å². The van der Waals surface area contributed by atoms with Crippen molar-refractivity contribution in [2.24, 2.45) is 0 Å². The maximum Gasteiger partial charge on any atom is 0.255 e. The van der Waals surface area contributed by atoms with E-state index in [0.29, 0.717) is 17.9 Å². The zero-order chi connectivity index (χ0) is 18.9. The Bertz CT molecular complexity index is 697. The van der Waals surface area contributed by atoms with Gasteiger partial charge in [-0.05, 0) is 42.9 Å². The fourth-order valence-electron chi connectivity index (χ4n) is 3.07. The summed E-state index contributed by atoms with van der Waals surface area (Å²) in [5.74, 6) is 1.27. The average Bonchev–Trinajstić information content (AvgIpc) is 2.71. The molecular weight excluding hydrogens is 328 g/mol. The number of likely N-dealkylation sites (N-methyl/N-ethyl adjacent to an activating group) is 1. The number of carbonyl (C=O) groups excluding carboxylic acids is 1. The largest absolute Gasteiger partial charge is 0.497 e. The van der Waals surface area contributed by atoms with Gasteiger partial charge in [0.1, 0.15) is 11.5 Å². The number of hydrogen-bond donors (Lipinski definition) is 1. The summed E-state index contributed by atoms with van der Waals surface area (Å²) in [6.07, 6.45) is 0. The maximum absolute atomic E-state index is 12.6. The molecule has 0 saturated heterocycles. The van der Waals surface area contributed by atoms with Crippen LogP contribution in [0.15, 0.2) is 48.5 Å². The number of nitrogens with one attached hydrogen (secondary N) is 1. The highest BCUT2D eigenvalue weighted by atomic mass is 16.5. The van der Waals surface area contributed by atoms with Gasteiger partial charge in [-0.2, -0.15) is 0 Å². The Balaban J connectivity index is 2.17. The Kier molecular flexibility index (Phi) is 7.48. The van der Waals surface area contributed by atoms with E-state index in [9.17, 15) is 4.79 Å². The highest BCUT2D eigenvalue weighted by molar-refractivity contribution is 5.96. The van der Waals surface area contributed by atoms with Crippen molar-refractivity contribution in [3.63, 3.8) is 0 Å². The van der Waals surface area contributed by atoms with Crippen molar-refractivity contribution < 1.29 is 14.3 Å². The van der Waals surface area contributed by atoms with Crippen LogP contribution in [0.25, 0.3) is 0 Å². The smallest absolute Gasteiger partial charge is 0.255 e. The fourth-order valence-corrected chi connectivity index (χ4v) is 3.07. The number of benzene rings is 2. The van der Waals surface area contributed by atoms with Crippen molar-refractivity contribution in [2.75, 3.05) is 33.9 Å². The number of para-hydroxylation sites is 1. The maximum atomic E-state index is 12.6. The molecule has 140 valence electrons. The van der Waals surface area contributed by atoms with Crippen LogP contribution in [0.1, 0.15) is 35.8 Å². The van der Waals surface area contributed by atoms with Gasteiger partial charge in [0.15, 0.2) is 0 Å². The quantitative estimate of drug-likeness (QED) is 0.747. The van der Waals surface area contributed by atoms with E-state index in [4.69, 9.17) is 9.47 Å². The van der Waals surface area contributed by atoms with Gasteiger partial charge in [0.25, 0.3) is 5.91 Å². The number of nitrogens with zero attached hydrogens (tertiary/aromatic N) is 1. The van der Waals surface area contributed by atoms with Crippen LogP contribution in [0.2, 0.25) is 0 Å². The molecule has 0 aliphatic heterocycles. The molecule has 0 saturated carbocycles. The minimum atomic E-state index is -0.131. The molecule has 1 atom stereocenters. The lowest BCUT2D eigenvalue weighted by molar-refractivity contribution is 0.0932. The Hall–Kier alpha value is -2.53. The summed E-state index contributed by atoms with van der Waals surface area (Å²) in [4.78, 5) is 15.0. The van der Waals surface area contributed by atoms with Gasteiger partial charge in [-0.3, -0.25) is 9.69 Å². The van der Waals surface area contributed by atoms with E-state index in [2.05, 4.69) is 36.2 Å². The van der Waals surface area contributed by atoms with Crippen molar-refractivity contribution in [1.82, 2.24) is 10.2 Å². The number of ether oxygens (including phenoxy) is 2. The molecule has 5 nitrogen and oxygen atoms in total. The Labute approximate surface area is 155 Å². The van der Waals surface area contributed by atoms with Gasteiger partial charge in [0.2, 0.25) is 0 Å². The van der Waals surface area contributed by atoms with Crippen LogP contribution >= 0.6 is 0 Å². The van der Waals surface area contributed by atoms with E-state index in [1.807, 2.05) is 24.3 Å². The third-order valence-corrected chi connectivity index (χ3v) is 4.56. The molecule has 0 heterocycles. The lowest BCUT2D eigenvalue weighted by atomic mass is 10.0. The van der Waals surface area contributed by atoms with Gasteiger partial charge < -0.3 is 14.8 Å². The molecule has 2 aromatic rings. The molecule has 26 heavy (non-hydrogen) atoms. The van der Waals surface area contributed by atoms with Crippen LogP contribution in [-0.2, 0) is 0 Å². The Morgan fingerprint density at radius 2 is 1.65 bits per heavy atom. The van der Waals surface area contributed by atoms with E-state index < -0.39 is 0 Å². The number of hydrogen-bond acceptors (Lipinski definition) is 4. The Morgan fingerprint density at radius 1 is 1.00 bits per heavy atom. The summed E-state index contributed by atoms with van der Waals surface area (Å²) in [5, 5.41) is 3.06. The zero-order valence-electron chi connectivity index (χ0n) is 16.0. The molecule has 1 N–H and O–H groups in total. The highest BCUT2D eigenvalue weighted by Gasteiger charge is 2.20. The molecular formula is C21H28N2O3. The first-order chi connectivity index (χ1) is 12.6. The fraction of sp³-hybridized carbons (Fsp3) is 0.381. The molecule has 0 radical (unpaired) electrons. The average molecular weight is 356 g/mol. The van der Waals surface area contributed by atoms with Crippen LogP contribution in [0.3, 0.4) is 0 Å². The zero-order valence-corrected chi connectivity index (χ0v) is 16.0. The predicted molar refractivity (Wildman–Crippen MR) is 104 cm³/mol. The van der Waals surface area contributed by atoms with E-state index in [0.717, 1.165) is 24.4 Å². The second-order valence-corrected chi connectivity index (χ2v) is 5.92. The van der Waals surface area contributed by atoms with E-state index in [1.165, 1.54) is 0 Å². The van der Waals surface area contributed by atoms with E-state index in [-0.39, 0.29) is 11.9 Å². The molecule has 5 heteroatoms. The van der Waals surface area contributed by atoms with E-state index in [1.54, 1.807) is 26.4 Å². The van der Waals surface area contributed by atoms with Crippen LogP contribution < -0.4 is 14.8 Å². The molecule has 1 unspecified atom stereocenters. The normalized spacial score (nSPS) is 11.9. The molecule has 0 aliphatic rings. The predicted octanol–water partition coefficient (Wildman–Crippen LogP) is 3.52. The van der Waals surface area contributed by atoms with Crippen LogP contribution in [-0.4, -0.2) is 44.7 Å². The summed E-state index contributed by atoms with van der Waals surface area (Å²) in [6, 6.07) is 15.4. The molecule has 0 aromatic heterocycles. The first-order valence-electron chi connectivity index (χ1n) is 8.93. The number of rotatable bonds is 9. The molecule has 2 rings (SSSR count). The standard InChI is InChI=1S/C21H28N2O3/c1-5-23(6-2)19(16-11-13-17(25-3)14-12-16)15-22-21(24)18-9-7-8-10-20(18)26-4/h7-14,19H,5-6,15H2,1-4H3,(H,22,24). The van der Waals surface area contributed by atoms with Gasteiger partial charge in [-0.1, -0.05) is 38.1 Å². The van der Waals surface area contributed by atoms with Crippen molar-refractivity contribution >= 4 is 5.91 Å². The van der Waals surface area contributed by atoms with Crippen molar-refractivity contribution in [2.45, 2.75) is 19.9 Å². The summed E-state index contributed by atoms with van der Waals surface area (Å²) in [6.45, 7) is 6.57. The van der Waals surface area contributed by atoms with Crippen LogP contribution in [0, 0.1) is 0 Å². The summed E-state index contributed by atoms with van der Waals surface area (Å²) < 4.78 is 10.5. The van der Waals surface area contributed by atoms with E-state index >= 15 is 0 Å². The van der Waals surface area contributed by atoms with Crippen molar-refractivity contribution in [3.05, 3.63) is 59.7 Å². The minimum absolute atomic E-state index is 0.0922. The highest BCUT2D eigenvalue weighted by Crippen LogP contribution is 2.23. The first kappa shape index (κ1) is 19.8. The lowest BCUT2D eigenvalue weighted by Gasteiger charge is -2.30. The second kappa shape index (κ2) is 9.82. The summed E-state index contributed by atoms with van der Waals surface area (Å²) in [7, 11) is 3.23. The Morgan fingerprint density at radius 3 is 2.23 bits per heavy atom. The molecule has 0 fully saturated rings. The monoisotopic (exact) mass is 356 g/mol. The molecule has 0 bridgehead atoms. The molecule has 2 aromatic carbocycles. The first-order valence-corrected chi connectivity index (χ1v) is 8.93. The number of amides is 1. The van der Waals surface area contributed by atoms with Gasteiger partial charge in [-0.15, -0.1) is 0 Å². The van der Waals surface area contributed by atoms with Crippen molar-refractivity contribution in [1.29, 1.82) is 0 Å². The summed E-state index contributed by atoms with van der Waals surface area (Å²) >= 11 is 0. The van der Waals surface area contributed by atoms with Crippen LogP contribution in [0.4, 0.5) is 0 Å². The summed E-state index contributed by atoms with van der Waals surface area (Å²) in [5.41, 5.74) is 1.69. The molecule has 1 amide bonds. The van der Waals surface area contributed by atoms with Gasteiger partial charge in [0.05, 0.1) is 25.8 Å². The van der Waals surface area contributed by atoms with Gasteiger partial charge in [-0.25, -0.2) is 0 Å². The molecule has 0 spiro atoms. The number of methoxy groups -OCH3 is 2. The van der Waals surface area contributed by atoms with Crippen LogP contribution in [0.5, 0.6) is 11.5 Å². The topological polar surface area (TPSA) is 50.8 Å². The van der Waals surface area contributed by atoms with Crippen molar-refractivity contribution in [3.8, 4) is 11.5 Å². The SMILES string of the molecule is CCN(CC)C(CNC(=O)c1ccccc1OC)c1ccc(OC)cc1. The lowest BCUT2D eigenvalue weighted by Crippen LogP contribution is -2.38. The molecule has 0 aliphatic carbocycles. The number of carbonyl (C=O) groups is 1. The minimum Gasteiger partial charge on any atom is -0.497 e.